The molecule has 1 heteroatoms. The highest BCUT2D eigenvalue weighted by molar-refractivity contribution is 5.21. The number of ether oxygens (including phenoxy) is 1. The molecule has 0 amide bonds. The van der Waals surface area contributed by atoms with Gasteiger partial charge in [0.25, 0.3) is 0 Å². The van der Waals surface area contributed by atoms with E-state index >= 15 is 0 Å². The van der Waals surface area contributed by atoms with Gasteiger partial charge in [-0.1, -0.05) is 38.0 Å². The minimum absolute atomic E-state index is 0.0302. The highest BCUT2D eigenvalue weighted by Gasteiger charge is 2.01. The van der Waals surface area contributed by atoms with Crippen LogP contribution in [0.2, 0.25) is 0 Å². The van der Waals surface area contributed by atoms with Crippen molar-refractivity contribution in [2.24, 2.45) is 0 Å². The molecule has 0 unspecified atom stereocenters. The molecule has 1 rings (SSSR count). The van der Waals surface area contributed by atoms with E-state index in [1.165, 1.54) is 0 Å². The Hall–Kier alpha value is -0.980. The molecule has 0 aliphatic heterocycles. The number of para-hydroxylation sites is 1. The Bertz CT molecular complexity index is 248. The van der Waals surface area contributed by atoms with Crippen molar-refractivity contribution in [1.82, 2.24) is 0 Å². The quantitative estimate of drug-likeness (QED) is 0.670. The minimum Gasteiger partial charge on any atom is -0.491 e. The van der Waals surface area contributed by atoms with E-state index in [9.17, 15) is 0 Å². The molecule has 0 radical (unpaired) electrons. The van der Waals surface area contributed by atoms with Gasteiger partial charge in [0, 0.05) is 1.37 Å². The fourth-order valence-electron chi connectivity index (χ4n) is 1.16. The maximum atomic E-state index is 7.80. The summed E-state index contributed by atoms with van der Waals surface area (Å²) in [4.78, 5) is 0. The number of hydrogen-bond donors (Lipinski definition) is 0. The van der Waals surface area contributed by atoms with E-state index in [2.05, 4.69) is 6.92 Å². The molecule has 72 valence electrons. The first-order valence-corrected chi connectivity index (χ1v) is 4.88. The van der Waals surface area contributed by atoms with E-state index in [4.69, 9.17) is 6.11 Å². The highest BCUT2D eigenvalue weighted by Crippen LogP contribution is 2.13. The second-order valence-corrected chi connectivity index (χ2v) is 3.16. The van der Waals surface area contributed by atoms with Gasteiger partial charge in [0.05, 0.1) is 6.10 Å². The van der Waals surface area contributed by atoms with Crippen LogP contribution in [-0.2, 0) is 0 Å². The van der Waals surface area contributed by atoms with Crippen LogP contribution < -0.4 is 4.74 Å². The molecule has 13 heavy (non-hydrogen) atoms. The molecule has 0 heterocycles. The van der Waals surface area contributed by atoms with Crippen molar-refractivity contribution in [3.8, 4) is 5.75 Å². The van der Waals surface area contributed by atoms with E-state index in [0.717, 1.165) is 18.6 Å². The van der Waals surface area contributed by atoms with Crippen LogP contribution in [0.25, 0.3) is 0 Å². The Morgan fingerprint density at radius 3 is 2.69 bits per heavy atom. The topological polar surface area (TPSA) is 9.23 Å². The fourth-order valence-corrected chi connectivity index (χ4v) is 1.16. The number of hydrogen-bond acceptors (Lipinski definition) is 1. The third-order valence-corrected chi connectivity index (χ3v) is 1.85. The van der Waals surface area contributed by atoms with Crippen LogP contribution in [-0.4, -0.2) is 6.10 Å². The van der Waals surface area contributed by atoms with Crippen molar-refractivity contribution in [1.29, 1.82) is 0 Å². The summed E-state index contributed by atoms with van der Waals surface area (Å²) in [6, 6.07) is 9.70. The van der Waals surface area contributed by atoms with Gasteiger partial charge >= 0.3 is 0 Å². The zero-order valence-corrected chi connectivity index (χ0v) is 8.36. The molecule has 0 saturated heterocycles. The first-order chi connectivity index (χ1) is 6.74. The molecule has 0 fully saturated rings. The summed E-state index contributed by atoms with van der Waals surface area (Å²) in [6.07, 6.45) is 1.78. The lowest BCUT2D eigenvalue weighted by Crippen LogP contribution is -2.11. The van der Waals surface area contributed by atoms with Gasteiger partial charge in [-0.05, 0) is 25.5 Å². The van der Waals surface area contributed by atoms with Crippen LogP contribution in [0.4, 0.5) is 0 Å². The first-order valence-electron chi connectivity index (χ1n) is 5.45. The first kappa shape index (κ1) is 8.61. The Morgan fingerprint density at radius 1 is 1.38 bits per heavy atom. The average molecular weight is 179 g/mol. The number of benzene rings is 1. The summed E-state index contributed by atoms with van der Waals surface area (Å²) in [7, 11) is 0. The Morgan fingerprint density at radius 2 is 2.08 bits per heavy atom. The van der Waals surface area contributed by atoms with Crippen molar-refractivity contribution in [3.05, 3.63) is 30.3 Å². The fraction of sp³-hybridized carbons (Fsp3) is 0.500. The third-order valence-electron chi connectivity index (χ3n) is 1.85. The van der Waals surface area contributed by atoms with Gasteiger partial charge in [0.1, 0.15) is 5.75 Å². The Kier molecular flexibility index (Phi) is 3.73. The zero-order chi connectivity index (χ0) is 10.4. The number of rotatable bonds is 5. The van der Waals surface area contributed by atoms with E-state index < -0.39 is 0 Å². The van der Waals surface area contributed by atoms with E-state index in [1.54, 1.807) is 0 Å². The van der Waals surface area contributed by atoms with Crippen molar-refractivity contribution in [3.63, 3.8) is 0 Å². The van der Waals surface area contributed by atoms with Crippen LogP contribution >= 0.6 is 0 Å². The van der Waals surface area contributed by atoms with Gasteiger partial charge in [-0.2, -0.15) is 0 Å². The highest BCUT2D eigenvalue weighted by atomic mass is 16.5. The van der Waals surface area contributed by atoms with Crippen LogP contribution in [0.5, 0.6) is 5.75 Å². The van der Waals surface area contributed by atoms with Crippen LogP contribution in [0.3, 0.4) is 0 Å². The summed E-state index contributed by atoms with van der Waals surface area (Å²) in [5, 5.41) is 0. The lowest BCUT2D eigenvalue weighted by molar-refractivity contribution is 0.207. The minimum atomic E-state index is -0.125. The summed E-state index contributed by atoms with van der Waals surface area (Å²) >= 11 is 0. The van der Waals surface area contributed by atoms with Gasteiger partial charge in [0.15, 0.2) is 0 Å². The lowest BCUT2D eigenvalue weighted by Gasteiger charge is -2.13. The largest absolute Gasteiger partial charge is 0.491 e. The maximum absolute atomic E-state index is 7.80. The van der Waals surface area contributed by atoms with E-state index in [-0.39, 0.29) is 12.5 Å². The molecule has 0 aromatic heterocycles. The van der Waals surface area contributed by atoms with Crippen molar-refractivity contribution in [2.45, 2.75) is 39.2 Å². The summed E-state index contributed by atoms with van der Waals surface area (Å²) in [6.45, 7) is 4.05. The van der Waals surface area contributed by atoms with Gasteiger partial charge < -0.3 is 4.74 Å². The Balaban J connectivity index is 2.44. The average Bonchev–Trinajstić information content (AvgIpc) is 2.19. The van der Waals surface area contributed by atoms with Gasteiger partial charge in [0.2, 0.25) is 0 Å². The molecule has 0 spiro atoms. The molecule has 1 nitrogen and oxygen atoms in total. The maximum Gasteiger partial charge on any atom is 0.119 e. The molecular weight excluding hydrogens is 160 g/mol. The molecule has 0 bridgehead atoms. The van der Waals surface area contributed by atoms with Crippen molar-refractivity contribution >= 4 is 0 Å². The van der Waals surface area contributed by atoms with Gasteiger partial charge in [-0.25, -0.2) is 0 Å². The summed E-state index contributed by atoms with van der Waals surface area (Å²) in [5.74, 6) is 0.855. The SMILES string of the molecule is [2H][C@H](CCC)[C@@H](C)Oc1ccccc1. The molecular formula is C12H18O. The monoisotopic (exact) mass is 179 g/mol. The van der Waals surface area contributed by atoms with Crippen LogP contribution in [0.1, 0.15) is 34.5 Å². The normalized spacial score (nSPS) is 16.0. The second-order valence-electron chi connectivity index (χ2n) is 3.16. The molecule has 0 aliphatic carbocycles. The second kappa shape index (κ2) is 5.63. The standard InChI is InChI=1S/C12H18O/c1-3-4-8-11(2)13-12-9-6-5-7-10-12/h5-7,9-11H,3-4,8H2,1-2H3/t11-/m1/s1/i8D/t8-,11-. The van der Waals surface area contributed by atoms with E-state index in [1.807, 2.05) is 37.3 Å². The molecule has 0 aliphatic rings. The molecule has 1 aromatic rings. The smallest absolute Gasteiger partial charge is 0.119 e. The zero-order valence-electron chi connectivity index (χ0n) is 9.36. The van der Waals surface area contributed by atoms with Crippen molar-refractivity contribution in [2.75, 3.05) is 0 Å². The van der Waals surface area contributed by atoms with Crippen LogP contribution in [0.15, 0.2) is 30.3 Å². The van der Waals surface area contributed by atoms with Gasteiger partial charge in [-0.3, -0.25) is 0 Å². The molecule has 0 N–H and O–H groups in total. The molecule has 0 saturated carbocycles. The third kappa shape index (κ3) is 3.97. The molecule has 2 atom stereocenters. The Labute approximate surface area is 82.1 Å². The lowest BCUT2D eigenvalue weighted by atomic mass is 10.2. The summed E-state index contributed by atoms with van der Waals surface area (Å²) in [5.41, 5.74) is 0. The molecule has 1 aromatic carbocycles. The predicted octanol–water partition coefficient (Wildman–Crippen LogP) is 3.64. The van der Waals surface area contributed by atoms with Crippen molar-refractivity contribution < 1.29 is 6.11 Å². The van der Waals surface area contributed by atoms with E-state index in [0.29, 0.717) is 0 Å². The summed E-state index contributed by atoms with van der Waals surface area (Å²) < 4.78 is 13.4. The van der Waals surface area contributed by atoms with Crippen LogP contribution in [0, 0.1) is 0 Å². The van der Waals surface area contributed by atoms with Gasteiger partial charge in [-0.15, -0.1) is 0 Å². The predicted molar refractivity (Wildman–Crippen MR) is 56.1 cm³/mol.